The first-order valence-electron chi connectivity index (χ1n) is 6.00. The summed E-state index contributed by atoms with van der Waals surface area (Å²) >= 11 is 0. The summed E-state index contributed by atoms with van der Waals surface area (Å²) in [5.74, 6) is 0.593. The first-order chi connectivity index (χ1) is 9.60. The van der Waals surface area contributed by atoms with E-state index in [1.165, 1.54) is 12.1 Å². The Hall–Kier alpha value is -2.48. The van der Waals surface area contributed by atoms with Crippen LogP contribution in [0.2, 0.25) is 0 Å². The first-order valence-corrected chi connectivity index (χ1v) is 6.00. The van der Waals surface area contributed by atoms with Crippen LogP contribution in [0.25, 0.3) is 0 Å². The summed E-state index contributed by atoms with van der Waals surface area (Å²) in [7, 11) is 3.54. The number of nitro benzene ring substituents is 1. The third-order valence-corrected chi connectivity index (χ3v) is 2.65. The van der Waals surface area contributed by atoms with E-state index >= 15 is 0 Å². The van der Waals surface area contributed by atoms with E-state index in [1.54, 1.807) is 31.0 Å². The third kappa shape index (κ3) is 3.29. The highest BCUT2D eigenvalue weighted by Gasteiger charge is 2.12. The zero-order valence-corrected chi connectivity index (χ0v) is 11.2. The summed E-state index contributed by atoms with van der Waals surface area (Å²) < 4.78 is 7.23. The molecular weight excluding hydrogens is 262 g/mol. The van der Waals surface area contributed by atoms with Crippen LogP contribution in [0.3, 0.4) is 0 Å². The molecule has 1 aromatic carbocycles. The Morgan fingerprint density at radius 2 is 2.30 bits per heavy atom. The molecule has 0 unspecified atom stereocenters. The van der Waals surface area contributed by atoms with Gasteiger partial charge in [0.25, 0.3) is 5.69 Å². The summed E-state index contributed by atoms with van der Waals surface area (Å²) in [5, 5.41) is 21.5. The van der Waals surface area contributed by atoms with Crippen LogP contribution >= 0.6 is 0 Å². The van der Waals surface area contributed by atoms with E-state index in [2.05, 4.69) is 15.6 Å². The molecule has 0 fully saturated rings. The SMILES string of the molecule is CNCc1cc([N+](=O)[O-])ccc1OCc1cn(C)nn1. The minimum Gasteiger partial charge on any atom is -0.487 e. The second-order valence-corrected chi connectivity index (χ2v) is 4.25. The highest BCUT2D eigenvalue weighted by atomic mass is 16.6. The van der Waals surface area contributed by atoms with Gasteiger partial charge in [-0.3, -0.25) is 14.8 Å². The average molecular weight is 277 g/mol. The second kappa shape index (κ2) is 6.11. The predicted molar refractivity (Wildman–Crippen MR) is 71.2 cm³/mol. The van der Waals surface area contributed by atoms with E-state index in [0.717, 1.165) is 5.56 Å². The fourth-order valence-electron chi connectivity index (χ4n) is 1.76. The number of rotatable bonds is 6. The number of aromatic nitrogens is 3. The molecule has 0 atom stereocenters. The minimum atomic E-state index is -0.425. The molecule has 0 saturated carbocycles. The lowest BCUT2D eigenvalue weighted by Gasteiger charge is -2.10. The average Bonchev–Trinajstić information content (AvgIpc) is 2.83. The minimum absolute atomic E-state index is 0.0436. The second-order valence-electron chi connectivity index (χ2n) is 4.25. The Morgan fingerprint density at radius 1 is 1.50 bits per heavy atom. The van der Waals surface area contributed by atoms with Gasteiger partial charge in [-0.1, -0.05) is 5.21 Å². The summed E-state index contributed by atoms with van der Waals surface area (Å²) in [6.07, 6.45) is 1.75. The maximum absolute atomic E-state index is 10.8. The van der Waals surface area contributed by atoms with Crippen molar-refractivity contribution in [2.75, 3.05) is 7.05 Å². The fourth-order valence-corrected chi connectivity index (χ4v) is 1.76. The number of ether oxygens (including phenoxy) is 1. The lowest BCUT2D eigenvalue weighted by Crippen LogP contribution is -2.08. The van der Waals surface area contributed by atoms with E-state index in [4.69, 9.17) is 4.74 Å². The van der Waals surface area contributed by atoms with E-state index in [1.807, 2.05) is 0 Å². The number of aryl methyl sites for hydroxylation is 1. The molecule has 0 aliphatic carbocycles. The van der Waals surface area contributed by atoms with Crippen LogP contribution in [-0.2, 0) is 20.2 Å². The number of nitrogens with one attached hydrogen (secondary N) is 1. The zero-order chi connectivity index (χ0) is 14.5. The summed E-state index contributed by atoms with van der Waals surface area (Å²) in [4.78, 5) is 10.3. The maximum Gasteiger partial charge on any atom is 0.270 e. The first kappa shape index (κ1) is 13.9. The van der Waals surface area contributed by atoms with Gasteiger partial charge >= 0.3 is 0 Å². The van der Waals surface area contributed by atoms with Crippen LogP contribution in [0.15, 0.2) is 24.4 Å². The van der Waals surface area contributed by atoms with Gasteiger partial charge in [-0.25, -0.2) is 0 Å². The van der Waals surface area contributed by atoms with E-state index < -0.39 is 4.92 Å². The number of nitrogens with zero attached hydrogens (tertiary/aromatic N) is 4. The van der Waals surface area contributed by atoms with Gasteiger partial charge in [0, 0.05) is 31.3 Å². The molecule has 0 saturated heterocycles. The van der Waals surface area contributed by atoms with Gasteiger partial charge < -0.3 is 10.1 Å². The molecule has 2 rings (SSSR count). The quantitative estimate of drug-likeness (QED) is 0.625. The van der Waals surface area contributed by atoms with Gasteiger partial charge in [0.05, 0.1) is 11.1 Å². The van der Waals surface area contributed by atoms with Gasteiger partial charge in [0.15, 0.2) is 0 Å². The molecule has 0 aliphatic heterocycles. The molecule has 0 aliphatic rings. The molecular formula is C12H15N5O3. The molecule has 0 radical (unpaired) electrons. The standard InChI is InChI=1S/C12H15N5O3/c1-13-6-9-5-11(17(18)19)3-4-12(9)20-8-10-7-16(2)15-14-10/h3-5,7,13H,6,8H2,1-2H3. The largest absolute Gasteiger partial charge is 0.487 e. The van der Waals surface area contributed by atoms with Gasteiger partial charge in [0.2, 0.25) is 0 Å². The summed E-state index contributed by atoms with van der Waals surface area (Å²) in [6.45, 7) is 0.750. The molecule has 1 N–H and O–H groups in total. The molecule has 1 heterocycles. The van der Waals surface area contributed by atoms with Gasteiger partial charge in [0.1, 0.15) is 18.1 Å². The molecule has 8 heteroatoms. The predicted octanol–water partition coefficient (Wildman–Crippen LogP) is 1.02. The van der Waals surface area contributed by atoms with Crippen molar-refractivity contribution in [1.82, 2.24) is 20.3 Å². The van der Waals surface area contributed by atoms with E-state index in [-0.39, 0.29) is 12.3 Å². The van der Waals surface area contributed by atoms with Crippen molar-refractivity contribution < 1.29 is 9.66 Å². The molecule has 0 amide bonds. The molecule has 2 aromatic rings. The lowest BCUT2D eigenvalue weighted by atomic mass is 10.1. The number of non-ortho nitro benzene ring substituents is 1. The van der Waals surface area contributed by atoms with Crippen molar-refractivity contribution in [2.24, 2.45) is 7.05 Å². The van der Waals surface area contributed by atoms with E-state index in [0.29, 0.717) is 18.0 Å². The highest BCUT2D eigenvalue weighted by Crippen LogP contribution is 2.24. The Kier molecular flexibility index (Phi) is 4.26. The molecule has 8 nitrogen and oxygen atoms in total. The monoisotopic (exact) mass is 277 g/mol. The van der Waals surface area contributed by atoms with Crippen molar-refractivity contribution in [3.8, 4) is 5.75 Å². The van der Waals surface area contributed by atoms with Crippen LogP contribution in [0.5, 0.6) is 5.75 Å². The summed E-state index contributed by atoms with van der Waals surface area (Å²) in [5.41, 5.74) is 1.47. The molecule has 20 heavy (non-hydrogen) atoms. The third-order valence-electron chi connectivity index (χ3n) is 2.65. The van der Waals surface area contributed by atoms with Crippen molar-refractivity contribution in [2.45, 2.75) is 13.2 Å². The lowest BCUT2D eigenvalue weighted by molar-refractivity contribution is -0.384. The van der Waals surface area contributed by atoms with Crippen LogP contribution in [-0.4, -0.2) is 27.0 Å². The maximum atomic E-state index is 10.8. The van der Waals surface area contributed by atoms with Gasteiger partial charge in [-0.05, 0) is 13.1 Å². The summed E-state index contributed by atoms with van der Waals surface area (Å²) in [6, 6.07) is 4.52. The van der Waals surface area contributed by atoms with Crippen LogP contribution in [0.4, 0.5) is 5.69 Å². The zero-order valence-electron chi connectivity index (χ0n) is 11.2. The van der Waals surface area contributed by atoms with Crippen molar-refractivity contribution in [1.29, 1.82) is 0 Å². The molecule has 1 aromatic heterocycles. The normalized spacial score (nSPS) is 10.5. The Morgan fingerprint density at radius 3 is 2.90 bits per heavy atom. The smallest absolute Gasteiger partial charge is 0.270 e. The number of nitro groups is 1. The van der Waals surface area contributed by atoms with Crippen LogP contribution < -0.4 is 10.1 Å². The van der Waals surface area contributed by atoms with Gasteiger partial charge in [-0.2, -0.15) is 0 Å². The van der Waals surface area contributed by atoms with Crippen molar-refractivity contribution >= 4 is 5.69 Å². The number of benzene rings is 1. The molecule has 0 bridgehead atoms. The van der Waals surface area contributed by atoms with Crippen LogP contribution in [0.1, 0.15) is 11.3 Å². The fraction of sp³-hybridized carbons (Fsp3) is 0.333. The highest BCUT2D eigenvalue weighted by molar-refractivity contribution is 5.43. The molecule has 106 valence electrons. The Bertz CT molecular complexity index is 611. The van der Waals surface area contributed by atoms with E-state index in [9.17, 15) is 10.1 Å². The number of hydrogen-bond acceptors (Lipinski definition) is 6. The van der Waals surface area contributed by atoms with Crippen molar-refractivity contribution in [3.63, 3.8) is 0 Å². The number of hydrogen-bond donors (Lipinski definition) is 1. The van der Waals surface area contributed by atoms with Gasteiger partial charge in [-0.15, -0.1) is 5.10 Å². The Labute approximate surface area is 115 Å². The van der Waals surface area contributed by atoms with Crippen LogP contribution in [0, 0.1) is 10.1 Å². The Balaban J connectivity index is 2.15. The topological polar surface area (TPSA) is 95.1 Å². The molecule has 0 spiro atoms. The van der Waals surface area contributed by atoms with Crippen molar-refractivity contribution in [3.05, 3.63) is 45.8 Å².